The molecule has 2 amide bonds. The molecule has 0 bridgehead atoms. The summed E-state index contributed by atoms with van der Waals surface area (Å²) in [5.74, 6) is 1.73. The van der Waals surface area contributed by atoms with Crippen molar-refractivity contribution < 1.29 is 18.4 Å². The third kappa shape index (κ3) is 9.03. The van der Waals surface area contributed by atoms with Gasteiger partial charge in [-0.2, -0.15) is 4.98 Å². The number of carbonyl (C=O) groups is 1. The number of urea groups is 1. The predicted molar refractivity (Wildman–Crippen MR) is 281 cm³/mol. The van der Waals surface area contributed by atoms with Crippen LogP contribution in [-0.2, 0) is 15.4 Å². The zero-order valence-electron chi connectivity index (χ0n) is 40.3. The van der Waals surface area contributed by atoms with E-state index in [1.165, 1.54) is 20.7 Å². The third-order valence-corrected chi connectivity index (χ3v) is 23.9. The van der Waals surface area contributed by atoms with Gasteiger partial charge in [-0.05, 0) is 86.5 Å². The van der Waals surface area contributed by atoms with Crippen LogP contribution in [0, 0.1) is 0 Å². The van der Waals surface area contributed by atoms with Crippen molar-refractivity contribution in [1.82, 2.24) is 9.97 Å². The zero-order valence-corrected chi connectivity index (χ0v) is 42.3. The summed E-state index contributed by atoms with van der Waals surface area (Å²) >= 11 is 0. The van der Waals surface area contributed by atoms with Gasteiger partial charge in [0, 0.05) is 29.2 Å². The molecule has 0 spiro atoms. The number of carbonyl (C=O) groups excluding carboxylic acids is 1. The highest BCUT2D eigenvalue weighted by atomic mass is 28.4. The molecule has 6 aromatic carbocycles. The van der Waals surface area contributed by atoms with Gasteiger partial charge in [0.1, 0.15) is 11.6 Å². The number of rotatable bonds is 13. The SMILES string of the molecule is COc1ccc(N2Cc3cnc(Nc4ccccc4)nc3N(C3CC(O[Si](c4ccccc4)(c4ccccc4)C(C)(C)C)CC(O[Si](c4ccccc4)(c4ccccc4)C(C)(C)C)C3)C2=O)cc1. The molecule has 1 N–H and O–H groups in total. The number of aromatic nitrogens is 2. The molecule has 1 aromatic heterocycles. The van der Waals surface area contributed by atoms with Crippen LogP contribution in [0.15, 0.2) is 182 Å². The largest absolute Gasteiger partial charge is 0.497 e. The third-order valence-electron chi connectivity index (χ3n) is 13.7. The predicted octanol–water partition coefficient (Wildman–Crippen LogP) is 10.6. The van der Waals surface area contributed by atoms with E-state index in [4.69, 9.17) is 23.6 Å². The summed E-state index contributed by atoms with van der Waals surface area (Å²) in [5.41, 5.74) is 2.46. The monoisotopic (exact) mass is 937 g/mol. The van der Waals surface area contributed by atoms with Gasteiger partial charge in [-0.1, -0.05) is 181 Å². The topological polar surface area (TPSA) is 89.1 Å². The Bertz CT molecular complexity index is 2580. The van der Waals surface area contributed by atoms with E-state index >= 15 is 4.79 Å². The molecule has 0 saturated heterocycles. The van der Waals surface area contributed by atoms with Gasteiger partial charge < -0.3 is 18.9 Å². The standard InChI is InChI=1S/C57H63N5O4Si2/c1-56(2,3)67(49-25-15-9-16-26-49,50-27-17-10-18-28-50)65-47-37-45(38-48(39-47)66-68(57(4,5)6,51-29-19-11-20-30-51)52-31-21-12-22-32-52)62-53-42(40-58-54(60-53)59-43-23-13-8-14-24-43)41-61(55(62)63)44-33-35-46(64-7)36-34-44/h8-36,40,45,47-48H,37-39,41H2,1-7H3,(H,58,59,60). The van der Waals surface area contributed by atoms with E-state index in [9.17, 15) is 0 Å². The minimum absolute atomic E-state index is 0.160. The highest BCUT2D eigenvalue weighted by molar-refractivity contribution is 7.00. The minimum atomic E-state index is -3.09. The number of fused-ring (bicyclic) bond motifs is 1. The fourth-order valence-corrected chi connectivity index (χ4v) is 20.1. The van der Waals surface area contributed by atoms with Crippen LogP contribution in [0.2, 0.25) is 10.1 Å². The maximum absolute atomic E-state index is 15.7. The molecule has 68 heavy (non-hydrogen) atoms. The molecule has 9 nitrogen and oxygen atoms in total. The first kappa shape index (κ1) is 46.7. The molecule has 11 heteroatoms. The number of methoxy groups -OCH3 is 1. The fourth-order valence-electron chi connectivity index (χ4n) is 10.7. The van der Waals surface area contributed by atoms with Crippen LogP contribution >= 0.6 is 0 Å². The summed E-state index contributed by atoms with van der Waals surface area (Å²) in [7, 11) is -4.53. The van der Waals surface area contributed by atoms with Crippen molar-refractivity contribution in [3.05, 3.63) is 188 Å². The highest BCUT2D eigenvalue weighted by Gasteiger charge is 2.56. The quantitative estimate of drug-likeness (QED) is 0.115. The molecule has 2 unspecified atom stereocenters. The molecule has 2 aliphatic rings. The molecule has 0 radical (unpaired) electrons. The van der Waals surface area contributed by atoms with Crippen LogP contribution in [0.1, 0.15) is 66.4 Å². The van der Waals surface area contributed by atoms with Gasteiger partial charge in [0.15, 0.2) is 0 Å². The van der Waals surface area contributed by atoms with Crippen molar-refractivity contribution in [2.45, 2.75) is 95.7 Å². The molecule has 1 fully saturated rings. The molecule has 9 rings (SSSR count). The second kappa shape index (κ2) is 19.3. The van der Waals surface area contributed by atoms with E-state index in [1.807, 2.05) is 70.6 Å². The van der Waals surface area contributed by atoms with Crippen molar-refractivity contribution in [3.8, 4) is 5.75 Å². The summed E-state index contributed by atoms with van der Waals surface area (Å²) in [5, 5.41) is 7.69. The summed E-state index contributed by atoms with van der Waals surface area (Å²) in [4.78, 5) is 29.5. The summed E-state index contributed by atoms with van der Waals surface area (Å²) in [6, 6.07) is 60.4. The van der Waals surface area contributed by atoms with Crippen LogP contribution in [0.5, 0.6) is 5.75 Å². The molecular formula is C57H63N5O4Si2. The first-order valence-electron chi connectivity index (χ1n) is 23.8. The maximum Gasteiger partial charge on any atom is 0.330 e. The molecule has 1 aliphatic heterocycles. The van der Waals surface area contributed by atoms with Gasteiger partial charge in [-0.15, -0.1) is 0 Å². The number of anilines is 4. The van der Waals surface area contributed by atoms with E-state index in [0.717, 1.165) is 16.9 Å². The molecule has 2 atom stereocenters. The molecule has 7 aromatic rings. The van der Waals surface area contributed by atoms with Crippen molar-refractivity contribution in [1.29, 1.82) is 0 Å². The summed E-state index contributed by atoms with van der Waals surface area (Å²) in [6.07, 6.45) is 3.03. The lowest BCUT2D eigenvalue weighted by atomic mass is 9.89. The van der Waals surface area contributed by atoms with Gasteiger partial charge >= 0.3 is 6.03 Å². The van der Waals surface area contributed by atoms with Crippen molar-refractivity contribution in [3.63, 3.8) is 0 Å². The number of ether oxygens (including phenoxy) is 1. The van der Waals surface area contributed by atoms with Crippen LogP contribution in [0.4, 0.5) is 27.9 Å². The van der Waals surface area contributed by atoms with Crippen molar-refractivity contribution in [2.24, 2.45) is 0 Å². The average Bonchev–Trinajstić information content (AvgIpc) is 3.35. The zero-order chi connectivity index (χ0) is 47.5. The van der Waals surface area contributed by atoms with E-state index in [0.29, 0.717) is 43.3 Å². The Labute approximate surface area is 404 Å². The van der Waals surface area contributed by atoms with Gasteiger partial charge in [0.05, 0.1) is 25.9 Å². The molecule has 348 valence electrons. The van der Waals surface area contributed by atoms with Gasteiger partial charge in [0.25, 0.3) is 16.6 Å². The van der Waals surface area contributed by atoms with Crippen LogP contribution < -0.4 is 40.6 Å². The number of para-hydroxylation sites is 1. The number of hydrogen-bond acceptors (Lipinski definition) is 7. The van der Waals surface area contributed by atoms with E-state index in [-0.39, 0.29) is 34.4 Å². The Balaban J connectivity index is 1.22. The average molecular weight is 938 g/mol. The Kier molecular flexibility index (Phi) is 13.3. The van der Waals surface area contributed by atoms with Crippen molar-refractivity contribution >= 4 is 66.6 Å². The Morgan fingerprint density at radius 1 is 0.574 bits per heavy atom. The number of nitrogens with zero attached hydrogens (tertiary/aromatic N) is 4. The van der Waals surface area contributed by atoms with Crippen LogP contribution in [0.3, 0.4) is 0 Å². The first-order chi connectivity index (χ1) is 32.8. The summed E-state index contributed by atoms with van der Waals surface area (Å²) in [6.45, 7) is 14.3. The molecular weight excluding hydrogens is 875 g/mol. The van der Waals surface area contributed by atoms with E-state index in [1.54, 1.807) is 7.11 Å². The lowest BCUT2D eigenvalue weighted by Gasteiger charge is -2.51. The number of nitrogens with one attached hydrogen (secondary N) is 1. The Morgan fingerprint density at radius 3 is 1.41 bits per heavy atom. The Hall–Kier alpha value is -6.38. The van der Waals surface area contributed by atoms with Crippen LogP contribution in [0.25, 0.3) is 0 Å². The number of amides is 2. The fraction of sp³-hybridized carbons (Fsp3) is 0.281. The second-order valence-corrected chi connectivity index (χ2v) is 28.6. The molecule has 1 aliphatic carbocycles. The van der Waals surface area contributed by atoms with Gasteiger partial charge in [-0.25, -0.2) is 9.78 Å². The first-order valence-corrected chi connectivity index (χ1v) is 27.6. The lowest BCUT2D eigenvalue weighted by molar-refractivity contribution is 0.0473. The normalized spacial score (nSPS) is 17.9. The second-order valence-electron chi connectivity index (χ2n) is 20.1. The van der Waals surface area contributed by atoms with Crippen LogP contribution in [-0.4, -0.2) is 58.0 Å². The van der Waals surface area contributed by atoms with E-state index in [2.05, 4.69) is 168 Å². The molecule has 2 heterocycles. The minimum Gasteiger partial charge on any atom is -0.497 e. The highest BCUT2D eigenvalue weighted by Crippen LogP contribution is 2.45. The smallest absolute Gasteiger partial charge is 0.330 e. The van der Waals surface area contributed by atoms with Crippen molar-refractivity contribution in [2.75, 3.05) is 22.2 Å². The maximum atomic E-state index is 15.7. The lowest BCUT2D eigenvalue weighted by Crippen LogP contribution is -2.70. The Morgan fingerprint density at radius 2 is 1.00 bits per heavy atom. The summed E-state index contributed by atoms with van der Waals surface area (Å²) < 4.78 is 21.7. The number of hydrogen-bond donors (Lipinski definition) is 1. The van der Waals surface area contributed by atoms with Gasteiger partial charge in [0.2, 0.25) is 5.95 Å². The van der Waals surface area contributed by atoms with Gasteiger partial charge in [-0.3, -0.25) is 9.80 Å². The molecule has 1 saturated carbocycles. The van der Waals surface area contributed by atoms with E-state index < -0.39 is 16.6 Å². The number of benzene rings is 6.